The van der Waals surface area contributed by atoms with Crippen molar-refractivity contribution in [2.75, 3.05) is 24.7 Å². The van der Waals surface area contributed by atoms with E-state index in [1.807, 2.05) is 42.1 Å². The van der Waals surface area contributed by atoms with Crippen molar-refractivity contribution in [1.82, 2.24) is 10.3 Å². The van der Waals surface area contributed by atoms with Crippen LogP contribution in [0.3, 0.4) is 0 Å². The molecule has 1 aromatic carbocycles. The van der Waals surface area contributed by atoms with E-state index in [-0.39, 0.29) is 0 Å². The fraction of sp³-hybridized carbons (Fsp3) is 0.250. The summed E-state index contributed by atoms with van der Waals surface area (Å²) in [6.45, 7) is 0.770. The zero-order valence-corrected chi connectivity index (χ0v) is 15.1. The predicted octanol–water partition coefficient (Wildman–Crippen LogP) is 3.96. The van der Waals surface area contributed by atoms with Crippen molar-refractivity contribution in [2.24, 2.45) is 0 Å². The molecule has 4 nitrogen and oxygen atoms in total. The van der Waals surface area contributed by atoms with Crippen molar-refractivity contribution in [3.05, 3.63) is 53.2 Å². The van der Waals surface area contributed by atoms with E-state index in [1.165, 1.54) is 5.56 Å². The molecule has 1 aromatic heterocycles. The second-order valence-electron chi connectivity index (χ2n) is 4.62. The number of hydrogen-bond donors (Lipinski definition) is 2. The maximum atomic E-state index is 5.97. The molecule has 0 bridgehead atoms. The summed E-state index contributed by atoms with van der Waals surface area (Å²) in [5, 5.41) is 7.50. The molecule has 2 rings (SSSR count). The average molecular weight is 368 g/mol. The smallest absolute Gasteiger partial charge is 0.174 e. The molecule has 1 heterocycles. The van der Waals surface area contributed by atoms with Crippen molar-refractivity contribution in [2.45, 2.75) is 5.75 Å². The summed E-state index contributed by atoms with van der Waals surface area (Å²) in [6, 6.07) is 11.6. The summed E-state index contributed by atoms with van der Waals surface area (Å²) in [5.41, 5.74) is 1.22. The van der Waals surface area contributed by atoms with Crippen molar-refractivity contribution < 1.29 is 4.74 Å². The average Bonchev–Trinajstić information content (AvgIpc) is 2.55. The molecule has 0 unspecified atom stereocenters. The van der Waals surface area contributed by atoms with Crippen LogP contribution in [0.2, 0.25) is 5.02 Å². The van der Waals surface area contributed by atoms with E-state index in [9.17, 15) is 0 Å². The molecule has 0 atom stereocenters. The van der Waals surface area contributed by atoms with Gasteiger partial charge < -0.3 is 15.4 Å². The van der Waals surface area contributed by atoms with Gasteiger partial charge in [-0.15, -0.1) is 0 Å². The number of anilines is 1. The molecule has 0 amide bonds. The number of nitrogens with one attached hydrogen (secondary N) is 2. The standard InChI is InChI=1S/C16H18ClN3OS2/c1-21-14-6-3-7-18-15(14)20-16(22)19-8-9-23-11-12-4-2-5-13(17)10-12/h2-7,10H,8-9,11H2,1H3,(H2,18,19,20,22). The number of thiocarbonyl (C=S) groups is 1. The first-order valence-electron chi connectivity index (χ1n) is 7.05. The van der Waals surface area contributed by atoms with Gasteiger partial charge in [-0.05, 0) is 42.0 Å². The SMILES string of the molecule is COc1cccnc1NC(=S)NCCSCc1cccc(Cl)c1. The van der Waals surface area contributed by atoms with Crippen LogP contribution in [0, 0.1) is 0 Å². The minimum absolute atomic E-state index is 0.533. The number of benzene rings is 1. The third kappa shape index (κ3) is 6.25. The van der Waals surface area contributed by atoms with Gasteiger partial charge in [-0.2, -0.15) is 11.8 Å². The topological polar surface area (TPSA) is 46.2 Å². The zero-order chi connectivity index (χ0) is 16.5. The number of ether oxygens (including phenoxy) is 1. The molecule has 0 radical (unpaired) electrons. The summed E-state index contributed by atoms with van der Waals surface area (Å²) in [7, 11) is 1.60. The summed E-state index contributed by atoms with van der Waals surface area (Å²) >= 11 is 13.0. The molecule has 0 spiro atoms. The summed E-state index contributed by atoms with van der Waals surface area (Å²) < 4.78 is 5.22. The zero-order valence-electron chi connectivity index (χ0n) is 12.7. The Labute approximate surface area is 151 Å². The molecule has 7 heteroatoms. The van der Waals surface area contributed by atoms with Crippen LogP contribution >= 0.6 is 35.6 Å². The van der Waals surface area contributed by atoms with Gasteiger partial charge in [-0.25, -0.2) is 4.98 Å². The van der Waals surface area contributed by atoms with E-state index < -0.39 is 0 Å². The Morgan fingerprint density at radius 2 is 2.22 bits per heavy atom. The van der Waals surface area contributed by atoms with E-state index in [0.717, 1.165) is 23.1 Å². The highest BCUT2D eigenvalue weighted by molar-refractivity contribution is 7.98. The molecule has 0 aliphatic carbocycles. The number of halogens is 1. The lowest BCUT2D eigenvalue weighted by molar-refractivity contribution is 0.415. The van der Waals surface area contributed by atoms with Gasteiger partial charge >= 0.3 is 0 Å². The predicted molar refractivity (Wildman–Crippen MR) is 103 cm³/mol. The van der Waals surface area contributed by atoms with Gasteiger partial charge in [0.25, 0.3) is 0 Å². The summed E-state index contributed by atoms with van der Waals surface area (Å²) in [4.78, 5) is 4.20. The Kier molecular flexibility index (Phi) is 7.45. The molecular formula is C16H18ClN3OS2. The van der Waals surface area contributed by atoms with Crippen molar-refractivity contribution in [3.8, 4) is 5.75 Å². The van der Waals surface area contributed by atoms with Crippen LogP contribution in [0.1, 0.15) is 5.56 Å². The number of rotatable bonds is 7. The lowest BCUT2D eigenvalue weighted by Crippen LogP contribution is -2.30. The molecule has 23 heavy (non-hydrogen) atoms. The van der Waals surface area contributed by atoms with Gasteiger partial charge in [-0.3, -0.25) is 0 Å². The minimum Gasteiger partial charge on any atom is -0.493 e. The first-order valence-corrected chi connectivity index (χ1v) is 8.99. The molecule has 0 saturated heterocycles. The van der Waals surface area contributed by atoms with Crippen LogP contribution in [0.4, 0.5) is 5.82 Å². The van der Waals surface area contributed by atoms with Crippen LogP contribution in [0.25, 0.3) is 0 Å². The second kappa shape index (κ2) is 9.60. The lowest BCUT2D eigenvalue weighted by atomic mass is 10.2. The van der Waals surface area contributed by atoms with E-state index in [2.05, 4.69) is 21.7 Å². The fourth-order valence-corrected chi connectivity index (χ4v) is 3.07. The Morgan fingerprint density at radius 3 is 3.00 bits per heavy atom. The second-order valence-corrected chi connectivity index (χ2v) is 6.57. The summed E-state index contributed by atoms with van der Waals surface area (Å²) in [5.74, 6) is 3.13. The molecule has 122 valence electrons. The monoisotopic (exact) mass is 367 g/mol. The molecule has 2 aromatic rings. The normalized spacial score (nSPS) is 10.2. The quantitative estimate of drug-likeness (QED) is 0.570. The highest BCUT2D eigenvalue weighted by Gasteiger charge is 2.04. The highest BCUT2D eigenvalue weighted by Crippen LogP contribution is 2.19. The Hall–Kier alpha value is -1.50. The van der Waals surface area contributed by atoms with E-state index in [0.29, 0.717) is 16.7 Å². The third-order valence-corrected chi connectivity index (χ3v) is 4.42. The Balaban J connectivity index is 1.67. The van der Waals surface area contributed by atoms with Gasteiger partial charge in [0.1, 0.15) is 0 Å². The number of methoxy groups -OCH3 is 1. The van der Waals surface area contributed by atoms with E-state index in [1.54, 1.807) is 13.3 Å². The third-order valence-electron chi connectivity index (χ3n) is 2.91. The minimum atomic E-state index is 0.533. The molecule has 2 N–H and O–H groups in total. The Morgan fingerprint density at radius 1 is 1.35 bits per heavy atom. The van der Waals surface area contributed by atoms with Crippen LogP contribution < -0.4 is 15.4 Å². The van der Waals surface area contributed by atoms with Gasteiger partial charge in [0.05, 0.1) is 7.11 Å². The van der Waals surface area contributed by atoms with Crippen molar-refractivity contribution in [1.29, 1.82) is 0 Å². The highest BCUT2D eigenvalue weighted by atomic mass is 35.5. The first kappa shape index (κ1) is 17.8. The van der Waals surface area contributed by atoms with Gasteiger partial charge in [-0.1, -0.05) is 23.7 Å². The van der Waals surface area contributed by atoms with Crippen molar-refractivity contribution in [3.63, 3.8) is 0 Å². The van der Waals surface area contributed by atoms with Crippen LogP contribution in [-0.4, -0.2) is 29.5 Å². The fourth-order valence-electron chi connectivity index (χ4n) is 1.85. The maximum absolute atomic E-state index is 5.97. The molecule has 0 aliphatic rings. The molecular weight excluding hydrogens is 350 g/mol. The molecule has 0 aliphatic heterocycles. The summed E-state index contributed by atoms with van der Waals surface area (Å²) in [6.07, 6.45) is 1.69. The number of nitrogens with zero attached hydrogens (tertiary/aromatic N) is 1. The van der Waals surface area contributed by atoms with Crippen LogP contribution in [-0.2, 0) is 5.75 Å². The first-order chi connectivity index (χ1) is 11.2. The van der Waals surface area contributed by atoms with Crippen LogP contribution in [0.5, 0.6) is 5.75 Å². The van der Waals surface area contributed by atoms with Crippen molar-refractivity contribution >= 4 is 46.5 Å². The van der Waals surface area contributed by atoms with Gasteiger partial charge in [0.2, 0.25) is 0 Å². The largest absolute Gasteiger partial charge is 0.493 e. The van der Waals surface area contributed by atoms with E-state index >= 15 is 0 Å². The number of pyridine rings is 1. The van der Waals surface area contributed by atoms with Gasteiger partial charge in [0, 0.05) is 29.3 Å². The number of thioether (sulfide) groups is 1. The van der Waals surface area contributed by atoms with Crippen LogP contribution in [0.15, 0.2) is 42.6 Å². The number of aromatic nitrogens is 1. The maximum Gasteiger partial charge on any atom is 0.174 e. The Bertz CT molecular complexity index is 655. The lowest BCUT2D eigenvalue weighted by Gasteiger charge is -2.12. The molecule has 0 fully saturated rings. The van der Waals surface area contributed by atoms with E-state index in [4.69, 9.17) is 28.6 Å². The molecule has 0 saturated carbocycles. The van der Waals surface area contributed by atoms with Gasteiger partial charge in [0.15, 0.2) is 16.7 Å². The number of hydrogen-bond acceptors (Lipinski definition) is 4.